The maximum atomic E-state index is 14.4. The Labute approximate surface area is 154 Å². The average molecular weight is 356 g/mol. The van der Waals surface area contributed by atoms with E-state index in [1.807, 2.05) is 12.1 Å². The minimum absolute atomic E-state index is 0.0875. The second kappa shape index (κ2) is 8.48. The van der Waals surface area contributed by atoms with E-state index in [1.165, 1.54) is 49.8 Å². The smallest absolute Gasteiger partial charge is 0.201 e. The van der Waals surface area contributed by atoms with E-state index in [9.17, 15) is 8.78 Å². The molecule has 26 heavy (non-hydrogen) atoms. The molecule has 0 aromatic heterocycles. The molecule has 0 heterocycles. The first-order valence-corrected chi connectivity index (χ1v) is 9.46. The molecule has 3 rings (SSSR count). The van der Waals surface area contributed by atoms with E-state index in [4.69, 9.17) is 4.74 Å². The molecule has 138 valence electrons. The molecule has 0 atom stereocenters. The lowest BCUT2D eigenvalue weighted by Gasteiger charge is -2.28. The summed E-state index contributed by atoms with van der Waals surface area (Å²) in [5.74, 6) is -0.461. The van der Waals surface area contributed by atoms with Crippen LogP contribution in [0, 0.1) is 17.6 Å². The standard InChI is InChI=1S/C23H26F2O/c1-3-15-26-21-14-13-20(22(24)23(21)25)19-11-9-18(10-12-19)17-7-5-16(4-2)6-8-17/h3,9-14,16-17H,1,4-8,15H2,2H3. The molecule has 0 bridgehead atoms. The van der Waals surface area contributed by atoms with Gasteiger partial charge >= 0.3 is 0 Å². The van der Waals surface area contributed by atoms with Crippen LogP contribution in [0.15, 0.2) is 49.1 Å². The fourth-order valence-corrected chi connectivity index (χ4v) is 3.85. The maximum Gasteiger partial charge on any atom is 0.201 e. The molecular formula is C23H26F2O. The lowest BCUT2D eigenvalue weighted by atomic mass is 9.77. The highest BCUT2D eigenvalue weighted by atomic mass is 19.2. The molecule has 1 nitrogen and oxygen atoms in total. The van der Waals surface area contributed by atoms with Crippen molar-refractivity contribution >= 4 is 0 Å². The predicted octanol–water partition coefficient (Wildman–Crippen LogP) is 6.88. The molecule has 2 aromatic carbocycles. The van der Waals surface area contributed by atoms with Crippen LogP contribution in [0.5, 0.6) is 5.75 Å². The van der Waals surface area contributed by atoms with Crippen molar-refractivity contribution in [2.45, 2.75) is 44.9 Å². The Morgan fingerprint density at radius 3 is 2.31 bits per heavy atom. The Morgan fingerprint density at radius 2 is 1.69 bits per heavy atom. The lowest BCUT2D eigenvalue weighted by molar-refractivity contribution is 0.319. The summed E-state index contributed by atoms with van der Waals surface area (Å²) in [7, 11) is 0. The van der Waals surface area contributed by atoms with Crippen molar-refractivity contribution < 1.29 is 13.5 Å². The lowest BCUT2D eigenvalue weighted by Crippen LogP contribution is -2.12. The Morgan fingerprint density at radius 1 is 1.00 bits per heavy atom. The summed E-state index contributed by atoms with van der Waals surface area (Å²) in [6.07, 6.45) is 7.77. The highest BCUT2D eigenvalue weighted by molar-refractivity contribution is 5.65. The SMILES string of the molecule is C=CCOc1ccc(-c2ccc(C3CCC(CC)CC3)cc2)c(F)c1F. The van der Waals surface area contributed by atoms with Gasteiger partial charge in [0.2, 0.25) is 5.82 Å². The van der Waals surface area contributed by atoms with Gasteiger partial charge in [-0.2, -0.15) is 4.39 Å². The Balaban J connectivity index is 1.76. The van der Waals surface area contributed by atoms with Crippen molar-refractivity contribution in [1.29, 1.82) is 0 Å². The third-order valence-electron chi connectivity index (χ3n) is 5.52. The summed E-state index contributed by atoms with van der Waals surface area (Å²) in [4.78, 5) is 0. The van der Waals surface area contributed by atoms with Gasteiger partial charge in [0.05, 0.1) is 0 Å². The van der Waals surface area contributed by atoms with Crippen LogP contribution in [0.4, 0.5) is 8.78 Å². The number of hydrogen-bond donors (Lipinski definition) is 0. The minimum Gasteiger partial charge on any atom is -0.486 e. The van der Waals surface area contributed by atoms with Crippen LogP contribution in [-0.2, 0) is 0 Å². The van der Waals surface area contributed by atoms with Crippen LogP contribution in [0.1, 0.15) is 50.5 Å². The van der Waals surface area contributed by atoms with Gasteiger partial charge in [0.15, 0.2) is 11.6 Å². The fraction of sp³-hybridized carbons (Fsp3) is 0.391. The van der Waals surface area contributed by atoms with E-state index in [0.29, 0.717) is 11.5 Å². The zero-order valence-electron chi connectivity index (χ0n) is 15.3. The monoisotopic (exact) mass is 356 g/mol. The third kappa shape index (κ3) is 3.98. The largest absolute Gasteiger partial charge is 0.486 e. The average Bonchev–Trinajstić information content (AvgIpc) is 2.69. The van der Waals surface area contributed by atoms with E-state index in [1.54, 1.807) is 6.07 Å². The van der Waals surface area contributed by atoms with Gasteiger partial charge in [0.25, 0.3) is 0 Å². The summed E-state index contributed by atoms with van der Waals surface area (Å²) in [5, 5.41) is 0. The molecule has 0 unspecified atom stereocenters. The van der Waals surface area contributed by atoms with Crippen LogP contribution < -0.4 is 4.74 Å². The molecule has 0 spiro atoms. The van der Waals surface area contributed by atoms with E-state index in [0.717, 1.165) is 5.92 Å². The second-order valence-electron chi connectivity index (χ2n) is 7.09. The normalized spacial score (nSPS) is 20.0. The van der Waals surface area contributed by atoms with Gasteiger partial charge in [-0.15, -0.1) is 0 Å². The Hall–Kier alpha value is -2.16. The second-order valence-corrected chi connectivity index (χ2v) is 7.09. The van der Waals surface area contributed by atoms with Gasteiger partial charge < -0.3 is 4.74 Å². The first kappa shape index (κ1) is 18.6. The van der Waals surface area contributed by atoms with Crippen LogP contribution in [-0.4, -0.2) is 6.61 Å². The minimum atomic E-state index is -0.952. The molecule has 1 aliphatic rings. The summed E-state index contributed by atoms with van der Waals surface area (Å²) in [6.45, 7) is 5.92. The maximum absolute atomic E-state index is 14.4. The first-order chi connectivity index (χ1) is 12.6. The van der Waals surface area contributed by atoms with Gasteiger partial charge in [0, 0.05) is 5.56 Å². The summed E-state index contributed by atoms with van der Waals surface area (Å²) < 4.78 is 33.7. The summed E-state index contributed by atoms with van der Waals surface area (Å²) in [5.41, 5.74) is 2.24. The summed E-state index contributed by atoms with van der Waals surface area (Å²) >= 11 is 0. The van der Waals surface area contributed by atoms with Crippen molar-refractivity contribution in [2.24, 2.45) is 5.92 Å². The van der Waals surface area contributed by atoms with Crippen molar-refractivity contribution in [2.75, 3.05) is 6.61 Å². The van der Waals surface area contributed by atoms with E-state index >= 15 is 0 Å². The van der Waals surface area contributed by atoms with E-state index < -0.39 is 11.6 Å². The molecular weight excluding hydrogens is 330 g/mol. The molecule has 0 saturated heterocycles. The molecule has 0 aliphatic heterocycles. The van der Waals surface area contributed by atoms with Crippen molar-refractivity contribution in [3.63, 3.8) is 0 Å². The number of hydrogen-bond acceptors (Lipinski definition) is 1. The van der Waals surface area contributed by atoms with Gasteiger partial charge in [-0.3, -0.25) is 0 Å². The Kier molecular flexibility index (Phi) is 6.08. The van der Waals surface area contributed by atoms with E-state index in [-0.39, 0.29) is 17.9 Å². The van der Waals surface area contributed by atoms with Gasteiger partial charge in [-0.25, -0.2) is 4.39 Å². The fourth-order valence-electron chi connectivity index (χ4n) is 3.85. The van der Waals surface area contributed by atoms with Gasteiger partial charge in [-0.1, -0.05) is 50.3 Å². The molecule has 0 amide bonds. The number of rotatable bonds is 6. The number of ether oxygens (including phenoxy) is 1. The molecule has 1 saturated carbocycles. The van der Waals surface area contributed by atoms with Gasteiger partial charge in [-0.05, 0) is 60.8 Å². The zero-order chi connectivity index (χ0) is 18.5. The quantitative estimate of drug-likeness (QED) is 0.513. The summed E-state index contributed by atoms with van der Waals surface area (Å²) in [6, 6.07) is 10.9. The zero-order valence-corrected chi connectivity index (χ0v) is 15.3. The van der Waals surface area contributed by atoms with Gasteiger partial charge in [0.1, 0.15) is 6.61 Å². The van der Waals surface area contributed by atoms with Crippen molar-refractivity contribution in [1.82, 2.24) is 0 Å². The highest BCUT2D eigenvalue weighted by Gasteiger charge is 2.21. The molecule has 1 fully saturated rings. The first-order valence-electron chi connectivity index (χ1n) is 9.46. The molecule has 0 radical (unpaired) electrons. The van der Waals surface area contributed by atoms with Crippen LogP contribution in [0.3, 0.4) is 0 Å². The molecule has 0 N–H and O–H groups in total. The predicted molar refractivity (Wildman–Crippen MR) is 102 cm³/mol. The van der Waals surface area contributed by atoms with Crippen LogP contribution >= 0.6 is 0 Å². The van der Waals surface area contributed by atoms with Crippen molar-refractivity contribution in [3.05, 3.63) is 66.3 Å². The topological polar surface area (TPSA) is 9.23 Å². The van der Waals surface area contributed by atoms with Crippen LogP contribution in [0.25, 0.3) is 11.1 Å². The molecule has 1 aliphatic carbocycles. The Bertz CT molecular complexity index is 744. The third-order valence-corrected chi connectivity index (χ3v) is 5.52. The number of halogens is 2. The van der Waals surface area contributed by atoms with Crippen molar-refractivity contribution in [3.8, 4) is 16.9 Å². The number of benzene rings is 2. The van der Waals surface area contributed by atoms with Crippen LogP contribution in [0.2, 0.25) is 0 Å². The highest BCUT2D eigenvalue weighted by Crippen LogP contribution is 2.38. The molecule has 2 aromatic rings. The van der Waals surface area contributed by atoms with E-state index in [2.05, 4.69) is 25.6 Å². The molecule has 3 heteroatoms.